The average Bonchev–Trinajstić information content (AvgIpc) is 2.08. The van der Waals surface area contributed by atoms with Crippen LogP contribution in [0.2, 0.25) is 0 Å². The summed E-state index contributed by atoms with van der Waals surface area (Å²) in [5.41, 5.74) is 1.03. The van der Waals surface area contributed by atoms with Crippen molar-refractivity contribution in [3.63, 3.8) is 0 Å². The van der Waals surface area contributed by atoms with E-state index in [-0.39, 0.29) is 0 Å². The molecule has 1 N–H and O–H groups in total. The van der Waals surface area contributed by atoms with Gasteiger partial charge >= 0.3 is 0 Å². The first kappa shape index (κ1) is 10.1. The first-order valence-corrected chi connectivity index (χ1v) is 5.74. The van der Waals surface area contributed by atoms with Crippen LogP contribution in [-0.2, 0) is 10.8 Å². The Morgan fingerprint density at radius 1 is 1.46 bits per heavy atom. The number of nitrogens with zero attached hydrogens (tertiary/aromatic N) is 2. The Bertz CT molecular complexity index is 286. The van der Waals surface area contributed by atoms with Crippen LogP contribution in [0.15, 0.2) is 12.4 Å². The summed E-state index contributed by atoms with van der Waals surface area (Å²) in [5, 5.41) is 2.99. The van der Waals surface area contributed by atoms with Gasteiger partial charge in [-0.05, 0) is 12.5 Å². The Labute approximate surface area is 80.3 Å². The fourth-order valence-electron chi connectivity index (χ4n) is 0.790. The maximum atomic E-state index is 10.7. The summed E-state index contributed by atoms with van der Waals surface area (Å²) < 4.78 is 10.7. The fraction of sp³-hybridized carbons (Fsp3) is 0.500. The minimum Gasteiger partial charge on any atom is -0.353 e. The summed E-state index contributed by atoms with van der Waals surface area (Å²) in [6, 6.07) is 0. The van der Waals surface area contributed by atoms with Crippen molar-refractivity contribution in [2.45, 2.75) is 6.92 Å². The van der Waals surface area contributed by atoms with Gasteiger partial charge in [0.25, 0.3) is 0 Å². The lowest BCUT2D eigenvalue weighted by Gasteiger charge is -2.02. The van der Waals surface area contributed by atoms with E-state index < -0.39 is 10.8 Å². The zero-order valence-electron chi connectivity index (χ0n) is 7.78. The van der Waals surface area contributed by atoms with Crippen molar-refractivity contribution in [1.82, 2.24) is 9.97 Å². The van der Waals surface area contributed by atoms with Crippen LogP contribution >= 0.6 is 0 Å². The van der Waals surface area contributed by atoms with Crippen molar-refractivity contribution in [3.8, 4) is 0 Å². The van der Waals surface area contributed by atoms with Crippen LogP contribution in [0, 0.1) is 6.92 Å². The van der Waals surface area contributed by atoms with Gasteiger partial charge in [-0.3, -0.25) is 4.21 Å². The Balaban J connectivity index is 2.37. The molecule has 0 fully saturated rings. The Morgan fingerprint density at radius 2 is 2.08 bits per heavy atom. The van der Waals surface area contributed by atoms with Gasteiger partial charge in [0, 0.05) is 41.7 Å². The molecule has 72 valence electrons. The van der Waals surface area contributed by atoms with Gasteiger partial charge in [-0.1, -0.05) is 0 Å². The minimum absolute atomic E-state index is 0.594. The topological polar surface area (TPSA) is 54.9 Å². The number of hydrogen-bond donors (Lipinski definition) is 1. The van der Waals surface area contributed by atoms with Crippen molar-refractivity contribution < 1.29 is 4.21 Å². The van der Waals surface area contributed by atoms with Crippen molar-refractivity contribution in [2.75, 3.05) is 23.9 Å². The lowest BCUT2D eigenvalue weighted by molar-refractivity contribution is 0.687. The van der Waals surface area contributed by atoms with Crippen LogP contribution in [0.5, 0.6) is 0 Å². The second-order valence-electron chi connectivity index (χ2n) is 2.79. The monoisotopic (exact) mass is 199 g/mol. The van der Waals surface area contributed by atoms with Gasteiger partial charge in [-0.2, -0.15) is 0 Å². The van der Waals surface area contributed by atoms with Crippen LogP contribution < -0.4 is 5.32 Å². The lowest BCUT2D eigenvalue weighted by atomic mass is 10.4. The smallest absolute Gasteiger partial charge is 0.222 e. The highest BCUT2D eigenvalue weighted by Gasteiger charge is 1.94. The molecule has 0 aliphatic heterocycles. The summed E-state index contributed by atoms with van der Waals surface area (Å²) >= 11 is 0. The maximum absolute atomic E-state index is 10.7. The van der Waals surface area contributed by atoms with E-state index in [2.05, 4.69) is 15.3 Å². The third-order valence-electron chi connectivity index (χ3n) is 1.45. The lowest BCUT2D eigenvalue weighted by Crippen LogP contribution is -2.11. The van der Waals surface area contributed by atoms with E-state index in [9.17, 15) is 4.21 Å². The molecule has 5 heteroatoms. The summed E-state index contributed by atoms with van der Waals surface area (Å²) in [5.74, 6) is 1.22. The third kappa shape index (κ3) is 3.98. The van der Waals surface area contributed by atoms with E-state index in [1.165, 1.54) is 0 Å². The Morgan fingerprint density at radius 3 is 2.62 bits per heavy atom. The van der Waals surface area contributed by atoms with Crippen molar-refractivity contribution in [3.05, 3.63) is 18.0 Å². The largest absolute Gasteiger partial charge is 0.353 e. The zero-order chi connectivity index (χ0) is 9.68. The SMILES string of the molecule is Cc1cnc(NCCS(C)=O)nc1. The average molecular weight is 199 g/mol. The molecule has 4 nitrogen and oxygen atoms in total. The summed E-state index contributed by atoms with van der Waals surface area (Å²) in [4.78, 5) is 8.11. The molecule has 0 aromatic carbocycles. The van der Waals surface area contributed by atoms with Gasteiger partial charge in [-0.25, -0.2) is 9.97 Å². The fourth-order valence-corrected chi connectivity index (χ4v) is 1.18. The number of rotatable bonds is 4. The van der Waals surface area contributed by atoms with Gasteiger partial charge < -0.3 is 5.32 Å². The predicted octanol–water partition coefficient (Wildman–Crippen LogP) is 0.575. The number of hydrogen-bond acceptors (Lipinski definition) is 4. The molecule has 0 aliphatic carbocycles. The highest BCUT2D eigenvalue weighted by molar-refractivity contribution is 7.84. The second kappa shape index (κ2) is 4.91. The van der Waals surface area contributed by atoms with Crippen LogP contribution in [0.4, 0.5) is 5.95 Å². The second-order valence-corrected chi connectivity index (χ2v) is 4.34. The molecule has 0 saturated carbocycles. The zero-order valence-corrected chi connectivity index (χ0v) is 8.60. The highest BCUT2D eigenvalue weighted by atomic mass is 32.2. The van der Waals surface area contributed by atoms with Gasteiger partial charge in [0.1, 0.15) is 0 Å². The van der Waals surface area contributed by atoms with Gasteiger partial charge in [0.05, 0.1) is 0 Å². The molecule has 1 atom stereocenters. The molecule has 13 heavy (non-hydrogen) atoms. The molecule has 1 heterocycles. The van der Waals surface area contributed by atoms with E-state index in [1.54, 1.807) is 18.6 Å². The molecular formula is C8H13N3OS. The molecule has 0 saturated heterocycles. The van der Waals surface area contributed by atoms with E-state index >= 15 is 0 Å². The van der Waals surface area contributed by atoms with Crippen molar-refractivity contribution in [2.24, 2.45) is 0 Å². The molecule has 1 aromatic heterocycles. The number of nitrogens with one attached hydrogen (secondary N) is 1. The van der Waals surface area contributed by atoms with Gasteiger partial charge in [0.15, 0.2) is 0 Å². The molecule has 0 aliphatic rings. The van der Waals surface area contributed by atoms with Crippen molar-refractivity contribution in [1.29, 1.82) is 0 Å². The summed E-state index contributed by atoms with van der Waals surface area (Å²) in [6.07, 6.45) is 5.17. The Hall–Kier alpha value is -0.970. The van der Waals surface area contributed by atoms with E-state index in [0.717, 1.165) is 5.56 Å². The Kier molecular flexibility index (Phi) is 3.82. The van der Waals surface area contributed by atoms with Crippen LogP contribution in [0.1, 0.15) is 5.56 Å². The third-order valence-corrected chi connectivity index (χ3v) is 2.23. The van der Waals surface area contributed by atoms with E-state index in [0.29, 0.717) is 18.2 Å². The first-order valence-electron chi connectivity index (χ1n) is 4.01. The number of aromatic nitrogens is 2. The maximum Gasteiger partial charge on any atom is 0.222 e. The van der Waals surface area contributed by atoms with Gasteiger partial charge in [-0.15, -0.1) is 0 Å². The quantitative estimate of drug-likeness (QED) is 0.770. The normalized spacial score (nSPS) is 12.5. The van der Waals surface area contributed by atoms with Gasteiger partial charge in [0.2, 0.25) is 5.95 Å². The highest BCUT2D eigenvalue weighted by Crippen LogP contribution is 1.97. The minimum atomic E-state index is -0.762. The summed E-state index contributed by atoms with van der Waals surface area (Å²) in [6.45, 7) is 2.58. The molecule has 0 spiro atoms. The molecule has 1 aromatic rings. The van der Waals surface area contributed by atoms with E-state index in [4.69, 9.17) is 0 Å². The molecular weight excluding hydrogens is 186 g/mol. The van der Waals surface area contributed by atoms with Crippen molar-refractivity contribution >= 4 is 16.7 Å². The number of aryl methyl sites for hydroxylation is 1. The molecule has 1 unspecified atom stereocenters. The van der Waals surface area contributed by atoms with Crippen LogP contribution in [-0.4, -0.2) is 32.7 Å². The predicted molar refractivity (Wildman–Crippen MR) is 54.2 cm³/mol. The van der Waals surface area contributed by atoms with Crippen LogP contribution in [0.3, 0.4) is 0 Å². The molecule has 0 radical (unpaired) electrons. The molecule has 1 rings (SSSR count). The standard InChI is InChI=1S/C8H13N3OS/c1-7-5-10-8(11-6-7)9-3-4-13(2)12/h5-6H,3-4H2,1-2H3,(H,9,10,11). The van der Waals surface area contributed by atoms with E-state index in [1.807, 2.05) is 6.92 Å². The molecule has 0 bridgehead atoms. The van der Waals surface area contributed by atoms with Crippen LogP contribution in [0.25, 0.3) is 0 Å². The first-order chi connectivity index (χ1) is 6.18. The number of anilines is 1. The molecule has 0 amide bonds. The summed E-state index contributed by atoms with van der Waals surface area (Å²) in [7, 11) is -0.762.